The van der Waals surface area contributed by atoms with Crippen LogP contribution >= 0.6 is 0 Å². The molecule has 0 unspecified atom stereocenters. The SMILES string of the molecule is CCN(C)C1(c2nc3c(cc2CN(Cc2cc(C(F)(F)F)cc(C(F)(F)F)c2)c2nnn(C)n2)c(C)nn3C)CC1. The lowest BCUT2D eigenvalue weighted by Gasteiger charge is -2.30. The number of hydrogen-bond acceptors (Lipinski definition) is 7. The topological polar surface area (TPSA) is 80.8 Å². The minimum atomic E-state index is -4.96. The molecular weight excluding hydrogens is 552 g/mol. The molecule has 0 bridgehead atoms. The number of rotatable bonds is 8. The summed E-state index contributed by atoms with van der Waals surface area (Å²) in [6.07, 6.45) is -8.22. The van der Waals surface area contributed by atoms with Gasteiger partial charge in [-0.1, -0.05) is 12.0 Å². The molecule has 1 saturated carbocycles. The third-order valence-corrected chi connectivity index (χ3v) is 7.61. The highest BCUT2D eigenvalue weighted by Crippen LogP contribution is 2.51. The third-order valence-electron chi connectivity index (χ3n) is 7.61. The molecule has 5 rings (SSSR count). The van der Waals surface area contributed by atoms with E-state index < -0.39 is 23.5 Å². The molecule has 0 aliphatic heterocycles. The van der Waals surface area contributed by atoms with Crippen molar-refractivity contribution in [1.82, 2.24) is 39.9 Å². The van der Waals surface area contributed by atoms with Crippen molar-refractivity contribution in [1.29, 1.82) is 0 Å². The lowest BCUT2D eigenvalue weighted by molar-refractivity contribution is -0.143. The summed E-state index contributed by atoms with van der Waals surface area (Å²) in [5.74, 6) is 0.0566. The Morgan fingerprint density at radius 1 is 0.927 bits per heavy atom. The van der Waals surface area contributed by atoms with Crippen molar-refractivity contribution in [2.75, 3.05) is 18.5 Å². The first kappa shape index (κ1) is 28.8. The summed E-state index contributed by atoms with van der Waals surface area (Å²) >= 11 is 0. The van der Waals surface area contributed by atoms with Gasteiger partial charge in [-0.05, 0) is 74.0 Å². The number of anilines is 1. The van der Waals surface area contributed by atoms with Crippen LogP contribution in [0.5, 0.6) is 0 Å². The van der Waals surface area contributed by atoms with Crippen LogP contribution in [0.4, 0.5) is 32.3 Å². The molecule has 1 aliphatic rings. The van der Waals surface area contributed by atoms with Crippen molar-refractivity contribution in [3.8, 4) is 0 Å². The fraction of sp³-hybridized carbons (Fsp3) is 0.500. The molecule has 0 spiro atoms. The molecule has 1 fully saturated rings. The van der Waals surface area contributed by atoms with Gasteiger partial charge in [-0.25, -0.2) is 4.98 Å². The first-order valence-corrected chi connectivity index (χ1v) is 12.9. The highest BCUT2D eigenvalue weighted by Gasteiger charge is 2.50. The van der Waals surface area contributed by atoms with Crippen molar-refractivity contribution in [3.63, 3.8) is 0 Å². The molecule has 0 radical (unpaired) electrons. The highest BCUT2D eigenvalue weighted by atomic mass is 19.4. The van der Waals surface area contributed by atoms with Crippen LogP contribution in [0.2, 0.25) is 0 Å². The fourth-order valence-electron chi connectivity index (χ4n) is 5.26. The first-order valence-electron chi connectivity index (χ1n) is 12.9. The fourth-order valence-corrected chi connectivity index (χ4v) is 5.26. The molecule has 0 atom stereocenters. The monoisotopic (exact) mass is 581 g/mol. The van der Waals surface area contributed by atoms with Crippen molar-refractivity contribution in [3.05, 3.63) is 57.9 Å². The number of nitrogens with zero attached hydrogens (tertiary/aromatic N) is 9. The Labute approximate surface area is 231 Å². The number of hydrogen-bond donors (Lipinski definition) is 0. The van der Waals surface area contributed by atoms with Gasteiger partial charge >= 0.3 is 12.4 Å². The Hall–Kier alpha value is -3.75. The predicted molar refractivity (Wildman–Crippen MR) is 138 cm³/mol. The van der Waals surface area contributed by atoms with Crippen LogP contribution in [0.15, 0.2) is 24.3 Å². The Morgan fingerprint density at radius 2 is 1.56 bits per heavy atom. The maximum absolute atomic E-state index is 13.6. The minimum Gasteiger partial charge on any atom is -0.329 e. The molecule has 220 valence electrons. The normalized spacial score (nSPS) is 15.2. The lowest BCUT2D eigenvalue weighted by Crippen LogP contribution is -2.34. The molecule has 1 aromatic carbocycles. The number of benzene rings is 1. The van der Waals surface area contributed by atoms with Gasteiger partial charge in [-0.2, -0.15) is 36.2 Å². The lowest BCUT2D eigenvalue weighted by atomic mass is 10.0. The standard InChI is InChI=1S/C26H29F6N9/c1-6-38(3)24(7-8-24)21-17(11-20-15(2)35-39(4)22(20)33-21)14-41(23-34-37-40(5)36-23)13-16-9-18(25(27,28)29)12-19(10-16)26(30,31)32/h9-12H,6-8,13-14H2,1-5H3. The molecular formula is C26H29F6N9. The second-order valence-corrected chi connectivity index (χ2v) is 10.5. The molecule has 9 nitrogen and oxygen atoms in total. The molecule has 4 aromatic rings. The molecule has 0 N–H and O–H groups in total. The summed E-state index contributed by atoms with van der Waals surface area (Å²) in [7, 11) is 5.32. The summed E-state index contributed by atoms with van der Waals surface area (Å²) in [4.78, 5) is 9.91. The predicted octanol–water partition coefficient (Wildman–Crippen LogP) is 4.99. The Balaban J connectivity index is 1.64. The average molecular weight is 582 g/mol. The molecule has 0 amide bonds. The van der Waals surface area contributed by atoms with Crippen LogP contribution in [0.3, 0.4) is 0 Å². The number of fused-ring (bicyclic) bond motifs is 1. The summed E-state index contributed by atoms with van der Waals surface area (Å²) in [5, 5.41) is 17.4. The zero-order chi connectivity index (χ0) is 29.9. The Bertz CT molecular complexity index is 1550. The first-order chi connectivity index (χ1) is 19.1. The summed E-state index contributed by atoms with van der Waals surface area (Å²) in [5.41, 5.74) is -0.344. The van der Waals surface area contributed by atoms with E-state index in [1.54, 1.807) is 11.7 Å². The van der Waals surface area contributed by atoms with Gasteiger partial charge in [-0.15, -0.1) is 5.10 Å². The van der Waals surface area contributed by atoms with Crippen LogP contribution < -0.4 is 4.90 Å². The van der Waals surface area contributed by atoms with Crippen molar-refractivity contribution in [2.45, 2.75) is 57.7 Å². The summed E-state index contributed by atoms with van der Waals surface area (Å²) in [6.45, 7) is 4.37. The highest BCUT2D eigenvalue weighted by molar-refractivity contribution is 5.79. The van der Waals surface area contributed by atoms with Gasteiger partial charge in [0.05, 0.1) is 35.1 Å². The average Bonchev–Trinajstić information content (AvgIpc) is 3.51. The number of aromatic nitrogens is 7. The summed E-state index contributed by atoms with van der Waals surface area (Å²) in [6, 6.07) is 3.51. The molecule has 0 saturated heterocycles. The number of pyridine rings is 1. The largest absolute Gasteiger partial charge is 0.416 e. The molecule has 15 heteroatoms. The van der Waals surface area contributed by atoms with E-state index >= 15 is 0 Å². The minimum absolute atomic E-state index is 0.0566. The van der Waals surface area contributed by atoms with E-state index in [9.17, 15) is 26.3 Å². The van der Waals surface area contributed by atoms with E-state index in [4.69, 9.17) is 4.98 Å². The number of halogens is 6. The second kappa shape index (κ2) is 9.96. The van der Waals surface area contributed by atoms with Gasteiger partial charge in [-0.3, -0.25) is 9.58 Å². The van der Waals surface area contributed by atoms with Crippen LogP contribution in [-0.2, 0) is 45.1 Å². The molecule has 1 aliphatic carbocycles. The second-order valence-electron chi connectivity index (χ2n) is 10.5. The molecule has 41 heavy (non-hydrogen) atoms. The van der Waals surface area contributed by atoms with E-state index in [-0.39, 0.29) is 36.2 Å². The molecule has 3 aromatic heterocycles. The van der Waals surface area contributed by atoms with Crippen LogP contribution in [-0.4, -0.2) is 53.5 Å². The maximum atomic E-state index is 13.6. The van der Waals surface area contributed by atoms with E-state index in [0.717, 1.165) is 53.9 Å². The van der Waals surface area contributed by atoms with Crippen LogP contribution in [0.25, 0.3) is 11.0 Å². The Morgan fingerprint density at radius 3 is 2.07 bits per heavy atom. The number of aryl methyl sites for hydroxylation is 3. The number of tetrazole rings is 1. The van der Waals surface area contributed by atoms with E-state index in [1.165, 1.54) is 16.7 Å². The third kappa shape index (κ3) is 5.46. The van der Waals surface area contributed by atoms with Crippen LogP contribution in [0, 0.1) is 6.92 Å². The van der Waals surface area contributed by atoms with Crippen molar-refractivity contribution >= 4 is 17.0 Å². The van der Waals surface area contributed by atoms with Crippen molar-refractivity contribution in [2.24, 2.45) is 14.1 Å². The molecule has 3 heterocycles. The Kier molecular flexibility index (Phi) is 6.99. The van der Waals surface area contributed by atoms with E-state index in [0.29, 0.717) is 5.65 Å². The van der Waals surface area contributed by atoms with Crippen LogP contribution in [0.1, 0.15) is 53.4 Å². The zero-order valence-corrected chi connectivity index (χ0v) is 23.1. The number of alkyl halides is 6. The maximum Gasteiger partial charge on any atom is 0.416 e. The van der Waals surface area contributed by atoms with Gasteiger partial charge in [0.1, 0.15) is 0 Å². The van der Waals surface area contributed by atoms with E-state index in [1.807, 2.05) is 27.0 Å². The van der Waals surface area contributed by atoms with Gasteiger partial charge in [0.25, 0.3) is 5.95 Å². The van der Waals surface area contributed by atoms with Gasteiger partial charge in [0.15, 0.2) is 5.65 Å². The van der Waals surface area contributed by atoms with Gasteiger partial charge in [0, 0.05) is 25.5 Å². The van der Waals surface area contributed by atoms with Gasteiger partial charge < -0.3 is 4.90 Å². The summed E-state index contributed by atoms with van der Waals surface area (Å²) < 4.78 is 83.3. The smallest absolute Gasteiger partial charge is 0.329 e. The van der Waals surface area contributed by atoms with E-state index in [2.05, 4.69) is 25.4 Å². The quantitative estimate of drug-likeness (QED) is 0.272. The zero-order valence-electron chi connectivity index (χ0n) is 23.1. The van der Waals surface area contributed by atoms with Crippen molar-refractivity contribution < 1.29 is 26.3 Å². The van der Waals surface area contributed by atoms with Gasteiger partial charge in [0.2, 0.25) is 0 Å².